The summed E-state index contributed by atoms with van der Waals surface area (Å²) in [6.45, 7) is 2.35. The summed E-state index contributed by atoms with van der Waals surface area (Å²) in [4.78, 5) is 0. The van der Waals surface area contributed by atoms with Crippen LogP contribution in [0.1, 0.15) is 58.3 Å². The topological polar surface area (TPSA) is 12.0 Å². The van der Waals surface area contributed by atoms with Gasteiger partial charge >= 0.3 is 0 Å². The number of hydrogen-bond acceptors (Lipinski definition) is 1. The zero-order valence-electron chi connectivity index (χ0n) is 8.89. The molecule has 2 saturated carbocycles. The van der Waals surface area contributed by atoms with Gasteiger partial charge in [-0.05, 0) is 31.6 Å². The van der Waals surface area contributed by atoms with E-state index in [-0.39, 0.29) is 0 Å². The molecule has 0 bridgehead atoms. The molecule has 2 aliphatic rings. The molecule has 0 aromatic heterocycles. The maximum atomic E-state index is 3.86. The number of rotatable bonds is 3. The van der Waals surface area contributed by atoms with Crippen LogP contribution in [0.15, 0.2) is 0 Å². The van der Waals surface area contributed by atoms with Crippen LogP contribution in [0.4, 0.5) is 0 Å². The Hall–Kier alpha value is -0.0400. The number of nitrogens with one attached hydrogen (secondary N) is 1. The van der Waals surface area contributed by atoms with Crippen molar-refractivity contribution >= 4 is 0 Å². The van der Waals surface area contributed by atoms with Crippen LogP contribution in [-0.2, 0) is 0 Å². The van der Waals surface area contributed by atoms with Gasteiger partial charge in [0.25, 0.3) is 0 Å². The first-order chi connectivity index (χ1) is 6.40. The zero-order chi connectivity index (χ0) is 9.10. The second-order valence-electron chi connectivity index (χ2n) is 4.85. The Bertz CT molecular complexity index is 151. The van der Waals surface area contributed by atoms with Crippen molar-refractivity contribution in [1.29, 1.82) is 0 Å². The van der Waals surface area contributed by atoms with Crippen LogP contribution in [-0.4, -0.2) is 12.1 Å². The van der Waals surface area contributed by atoms with Crippen molar-refractivity contribution in [3.05, 3.63) is 0 Å². The normalized spacial score (nSPS) is 35.8. The molecular formula is C12H23N. The van der Waals surface area contributed by atoms with Gasteiger partial charge in [-0.25, -0.2) is 0 Å². The van der Waals surface area contributed by atoms with Crippen molar-refractivity contribution in [2.75, 3.05) is 0 Å². The Morgan fingerprint density at radius 2 is 1.77 bits per heavy atom. The SMILES string of the molecule is CCC1CCCCC1NC1CCC1. The highest BCUT2D eigenvalue weighted by Crippen LogP contribution is 2.29. The van der Waals surface area contributed by atoms with E-state index >= 15 is 0 Å². The molecule has 2 fully saturated rings. The third kappa shape index (κ3) is 2.25. The van der Waals surface area contributed by atoms with E-state index in [4.69, 9.17) is 0 Å². The van der Waals surface area contributed by atoms with Crippen molar-refractivity contribution in [3.8, 4) is 0 Å². The molecule has 0 aromatic rings. The van der Waals surface area contributed by atoms with Crippen molar-refractivity contribution in [2.45, 2.75) is 70.4 Å². The fourth-order valence-corrected chi connectivity index (χ4v) is 2.79. The molecule has 1 heteroatoms. The smallest absolute Gasteiger partial charge is 0.00978 e. The average molecular weight is 181 g/mol. The summed E-state index contributed by atoms with van der Waals surface area (Å²) >= 11 is 0. The van der Waals surface area contributed by atoms with Crippen LogP contribution in [0.3, 0.4) is 0 Å². The van der Waals surface area contributed by atoms with Gasteiger partial charge < -0.3 is 5.32 Å². The van der Waals surface area contributed by atoms with Crippen molar-refractivity contribution in [3.63, 3.8) is 0 Å². The van der Waals surface area contributed by atoms with E-state index < -0.39 is 0 Å². The van der Waals surface area contributed by atoms with E-state index in [1.807, 2.05) is 0 Å². The Kier molecular flexibility index (Phi) is 3.26. The quantitative estimate of drug-likeness (QED) is 0.705. The predicted octanol–water partition coefficient (Wildman–Crippen LogP) is 3.10. The molecule has 1 N–H and O–H groups in total. The maximum absolute atomic E-state index is 3.86. The Labute approximate surface area is 82.3 Å². The molecule has 0 saturated heterocycles. The van der Waals surface area contributed by atoms with Gasteiger partial charge in [-0.3, -0.25) is 0 Å². The Morgan fingerprint density at radius 1 is 1.00 bits per heavy atom. The lowest BCUT2D eigenvalue weighted by atomic mass is 9.81. The predicted molar refractivity (Wildman–Crippen MR) is 56.8 cm³/mol. The third-order valence-corrected chi connectivity index (χ3v) is 3.99. The van der Waals surface area contributed by atoms with Gasteiger partial charge in [-0.1, -0.05) is 32.6 Å². The van der Waals surface area contributed by atoms with Crippen molar-refractivity contribution in [2.24, 2.45) is 5.92 Å². The summed E-state index contributed by atoms with van der Waals surface area (Å²) in [6, 6.07) is 1.75. The summed E-state index contributed by atoms with van der Waals surface area (Å²) < 4.78 is 0. The summed E-state index contributed by atoms with van der Waals surface area (Å²) in [5, 5.41) is 3.86. The minimum absolute atomic E-state index is 0.865. The Balaban J connectivity index is 1.79. The fraction of sp³-hybridized carbons (Fsp3) is 1.00. The van der Waals surface area contributed by atoms with Gasteiger partial charge in [0.1, 0.15) is 0 Å². The highest BCUT2D eigenvalue weighted by molar-refractivity contribution is 4.86. The summed E-state index contributed by atoms with van der Waals surface area (Å²) in [5.74, 6) is 0.981. The van der Waals surface area contributed by atoms with Gasteiger partial charge in [-0.2, -0.15) is 0 Å². The molecule has 0 aromatic carbocycles. The maximum Gasteiger partial charge on any atom is 0.00978 e. The van der Waals surface area contributed by atoms with Crippen LogP contribution < -0.4 is 5.32 Å². The van der Waals surface area contributed by atoms with Crippen molar-refractivity contribution in [1.82, 2.24) is 5.32 Å². The molecule has 2 unspecified atom stereocenters. The summed E-state index contributed by atoms with van der Waals surface area (Å²) in [5.41, 5.74) is 0. The van der Waals surface area contributed by atoms with Gasteiger partial charge in [0.2, 0.25) is 0 Å². The van der Waals surface area contributed by atoms with Crippen LogP contribution in [0.25, 0.3) is 0 Å². The highest BCUT2D eigenvalue weighted by atomic mass is 15.0. The third-order valence-electron chi connectivity index (χ3n) is 3.99. The molecule has 2 aliphatic carbocycles. The second-order valence-corrected chi connectivity index (χ2v) is 4.85. The molecule has 2 rings (SSSR count). The van der Waals surface area contributed by atoms with E-state index in [1.54, 1.807) is 0 Å². The standard InChI is InChI=1S/C12H23N/c1-2-10-6-3-4-9-12(10)13-11-7-5-8-11/h10-13H,2-9H2,1H3. The lowest BCUT2D eigenvalue weighted by molar-refractivity contribution is 0.203. The highest BCUT2D eigenvalue weighted by Gasteiger charge is 2.27. The average Bonchev–Trinajstić information content (AvgIpc) is 2.12. The molecular weight excluding hydrogens is 158 g/mol. The first kappa shape index (κ1) is 9.51. The minimum Gasteiger partial charge on any atom is -0.311 e. The van der Waals surface area contributed by atoms with Crippen molar-refractivity contribution < 1.29 is 0 Å². The van der Waals surface area contributed by atoms with E-state index in [1.165, 1.54) is 51.4 Å². The zero-order valence-corrected chi connectivity index (χ0v) is 8.89. The Morgan fingerprint density at radius 3 is 2.38 bits per heavy atom. The molecule has 0 aliphatic heterocycles. The monoisotopic (exact) mass is 181 g/mol. The van der Waals surface area contributed by atoms with Crippen LogP contribution in [0, 0.1) is 5.92 Å². The van der Waals surface area contributed by atoms with E-state index in [2.05, 4.69) is 12.2 Å². The van der Waals surface area contributed by atoms with E-state index in [0.29, 0.717) is 0 Å². The molecule has 0 spiro atoms. The second kappa shape index (κ2) is 4.45. The van der Waals surface area contributed by atoms with Gasteiger partial charge in [0, 0.05) is 12.1 Å². The molecule has 0 heterocycles. The molecule has 76 valence electrons. The summed E-state index contributed by atoms with van der Waals surface area (Å²) in [6.07, 6.45) is 11.6. The number of hydrogen-bond donors (Lipinski definition) is 1. The van der Waals surface area contributed by atoms with E-state index in [0.717, 1.165) is 18.0 Å². The molecule has 2 atom stereocenters. The molecule has 13 heavy (non-hydrogen) atoms. The van der Waals surface area contributed by atoms with Crippen LogP contribution >= 0.6 is 0 Å². The lowest BCUT2D eigenvalue weighted by Gasteiger charge is -2.38. The first-order valence-electron chi connectivity index (χ1n) is 6.16. The molecule has 1 nitrogen and oxygen atoms in total. The van der Waals surface area contributed by atoms with E-state index in [9.17, 15) is 0 Å². The first-order valence-corrected chi connectivity index (χ1v) is 6.16. The minimum atomic E-state index is 0.865. The van der Waals surface area contributed by atoms with Crippen LogP contribution in [0.5, 0.6) is 0 Å². The fourth-order valence-electron chi connectivity index (χ4n) is 2.79. The van der Waals surface area contributed by atoms with Gasteiger partial charge in [-0.15, -0.1) is 0 Å². The van der Waals surface area contributed by atoms with Gasteiger partial charge in [0.15, 0.2) is 0 Å². The largest absolute Gasteiger partial charge is 0.311 e. The molecule has 0 amide bonds. The lowest BCUT2D eigenvalue weighted by Crippen LogP contribution is -2.47. The summed E-state index contributed by atoms with van der Waals surface area (Å²) in [7, 11) is 0. The molecule has 0 radical (unpaired) electrons. The van der Waals surface area contributed by atoms with Gasteiger partial charge in [0.05, 0.1) is 0 Å². The van der Waals surface area contributed by atoms with Crippen LogP contribution in [0.2, 0.25) is 0 Å².